The van der Waals surface area contributed by atoms with Crippen LogP contribution in [-0.2, 0) is 6.42 Å². The van der Waals surface area contributed by atoms with Crippen molar-refractivity contribution in [3.8, 4) is 0 Å². The largest absolute Gasteiger partial charge is 0.370 e. The topological polar surface area (TPSA) is 196 Å². The van der Waals surface area contributed by atoms with Gasteiger partial charge in [0.15, 0.2) is 17.9 Å². The number of rotatable bonds is 14. The lowest BCUT2D eigenvalue weighted by Crippen LogP contribution is -2.39. The van der Waals surface area contributed by atoms with Crippen LogP contribution in [0.4, 0.5) is 5.69 Å². The molecule has 0 aromatic heterocycles. The average Bonchev–Trinajstić information content (AvgIpc) is 3.29. The van der Waals surface area contributed by atoms with Crippen molar-refractivity contribution in [1.82, 2.24) is 0 Å². The number of nitrogens with two attached hydrogens (primary N) is 6. The van der Waals surface area contributed by atoms with Gasteiger partial charge in [-0.25, -0.2) is 0 Å². The second-order valence-corrected chi connectivity index (χ2v) is 16.2. The summed E-state index contributed by atoms with van der Waals surface area (Å²) in [6, 6.07) is 17.1. The van der Waals surface area contributed by atoms with Crippen LogP contribution in [-0.4, -0.2) is 50.1 Å². The summed E-state index contributed by atoms with van der Waals surface area (Å²) < 4.78 is 0. The molecule has 12 N–H and O–H groups in total. The summed E-state index contributed by atoms with van der Waals surface area (Å²) in [4.78, 5) is 15.4. The van der Waals surface area contributed by atoms with E-state index in [2.05, 4.69) is 62.3 Å². The van der Waals surface area contributed by atoms with Crippen molar-refractivity contribution in [1.29, 1.82) is 0 Å². The first-order valence-electron chi connectivity index (χ1n) is 20.9. The Morgan fingerprint density at radius 1 is 0.604 bits per heavy atom. The maximum Gasteiger partial charge on any atom is 0.185 e. The minimum atomic E-state index is 0.164. The molecular weight excluding hydrogens is 657 g/mol. The van der Waals surface area contributed by atoms with Gasteiger partial charge in [0, 0.05) is 43.8 Å². The third kappa shape index (κ3) is 12.6. The molecule has 0 spiro atoms. The van der Waals surface area contributed by atoms with Crippen molar-refractivity contribution in [2.24, 2.45) is 55.3 Å². The maximum absolute atomic E-state index is 5.66. The fourth-order valence-electron chi connectivity index (χ4n) is 9.62. The molecule has 292 valence electrons. The van der Waals surface area contributed by atoms with Crippen molar-refractivity contribution in [2.75, 3.05) is 31.1 Å². The van der Waals surface area contributed by atoms with Crippen LogP contribution in [0.15, 0.2) is 57.4 Å². The molecule has 0 bridgehead atoms. The third-order valence-corrected chi connectivity index (χ3v) is 12.2. The van der Waals surface area contributed by atoms with Crippen molar-refractivity contribution in [2.45, 2.75) is 146 Å². The fourth-order valence-corrected chi connectivity index (χ4v) is 9.62. The van der Waals surface area contributed by atoms with Crippen LogP contribution in [0.5, 0.6) is 0 Å². The minimum Gasteiger partial charge on any atom is -0.370 e. The number of aliphatic imine (C=N–C) groups is 3. The summed E-state index contributed by atoms with van der Waals surface area (Å²) in [6.07, 6.45) is 24.3. The first-order valence-corrected chi connectivity index (χ1v) is 20.9. The SMILES string of the molecule is C1CCCCCC1.NC(N)=NCCCc1cccc(C2CCC3c4ccc(C5CCCC(CCCN=C(N)N)C5)cc4N(CCCN=C(N)N)C3C2)c1. The zero-order valence-corrected chi connectivity index (χ0v) is 32.4. The molecule has 2 aromatic carbocycles. The lowest BCUT2D eigenvalue weighted by atomic mass is 9.73. The van der Waals surface area contributed by atoms with E-state index in [1.165, 1.54) is 118 Å². The number of benzene rings is 2. The molecule has 5 unspecified atom stereocenters. The van der Waals surface area contributed by atoms with E-state index in [0.717, 1.165) is 51.1 Å². The van der Waals surface area contributed by atoms with E-state index in [9.17, 15) is 0 Å². The van der Waals surface area contributed by atoms with E-state index >= 15 is 0 Å². The van der Waals surface area contributed by atoms with Crippen LogP contribution in [0.2, 0.25) is 0 Å². The molecule has 2 aromatic rings. The van der Waals surface area contributed by atoms with Gasteiger partial charge in [-0.05, 0) is 110 Å². The zero-order valence-electron chi connectivity index (χ0n) is 32.4. The van der Waals surface area contributed by atoms with Crippen LogP contribution in [0.25, 0.3) is 0 Å². The van der Waals surface area contributed by atoms with Gasteiger partial charge in [0.25, 0.3) is 0 Å². The minimum absolute atomic E-state index is 0.164. The molecule has 5 atom stereocenters. The van der Waals surface area contributed by atoms with Crippen LogP contribution < -0.4 is 39.3 Å². The molecule has 6 rings (SSSR count). The van der Waals surface area contributed by atoms with Crippen LogP contribution in [0.3, 0.4) is 0 Å². The molecule has 10 heteroatoms. The maximum atomic E-state index is 5.66. The predicted molar refractivity (Wildman–Crippen MR) is 225 cm³/mol. The van der Waals surface area contributed by atoms with E-state index in [0.29, 0.717) is 36.9 Å². The van der Waals surface area contributed by atoms with Gasteiger partial charge in [0.05, 0.1) is 0 Å². The average molecular weight is 727 g/mol. The summed E-state index contributed by atoms with van der Waals surface area (Å²) in [5, 5.41) is 0. The predicted octanol–water partition coefficient (Wildman–Crippen LogP) is 6.85. The fraction of sp³-hybridized carbons (Fsp3) is 0.651. The summed E-state index contributed by atoms with van der Waals surface area (Å²) in [5.74, 6) is 2.99. The number of anilines is 1. The van der Waals surface area contributed by atoms with E-state index in [-0.39, 0.29) is 17.9 Å². The molecule has 0 saturated heterocycles. The molecule has 3 aliphatic carbocycles. The van der Waals surface area contributed by atoms with Crippen LogP contribution in [0, 0.1) is 5.92 Å². The van der Waals surface area contributed by atoms with Gasteiger partial charge < -0.3 is 39.3 Å². The molecule has 4 aliphatic rings. The van der Waals surface area contributed by atoms with Crippen LogP contribution >= 0.6 is 0 Å². The number of nitrogens with zero attached hydrogens (tertiary/aromatic N) is 4. The monoisotopic (exact) mass is 727 g/mol. The second kappa shape index (κ2) is 21.1. The Kier molecular flexibility index (Phi) is 16.0. The first kappa shape index (κ1) is 40.2. The van der Waals surface area contributed by atoms with E-state index < -0.39 is 0 Å². The molecule has 10 nitrogen and oxygen atoms in total. The van der Waals surface area contributed by atoms with E-state index in [4.69, 9.17) is 34.4 Å². The molecule has 0 radical (unpaired) electrons. The Morgan fingerprint density at radius 3 is 1.91 bits per heavy atom. The van der Waals surface area contributed by atoms with E-state index in [1.54, 1.807) is 0 Å². The highest BCUT2D eigenvalue weighted by atomic mass is 15.2. The molecular formula is C43H70N10. The van der Waals surface area contributed by atoms with Gasteiger partial charge >= 0.3 is 0 Å². The number of fused-ring (bicyclic) bond motifs is 3. The molecule has 0 amide bonds. The van der Waals surface area contributed by atoms with Crippen molar-refractivity contribution in [3.63, 3.8) is 0 Å². The van der Waals surface area contributed by atoms with Gasteiger partial charge in [-0.1, -0.05) is 94.2 Å². The summed E-state index contributed by atoms with van der Waals surface area (Å²) in [7, 11) is 0. The normalized spacial score (nSPS) is 23.7. The molecule has 3 fully saturated rings. The molecule has 1 aliphatic heterocycles. The molecule has 3 saturated carbocycles. The number of hydrogen-bond acceptors (Lipinski definition) is 4. The highest BCUT2D eigenvalue weighted by Gasteiger charge is 2.42. The van der Waals surface area contributed by atoms with Gasteiger partial charge in [0.2, 0.25) is 0 Å². The molecule has 53 heavy (non-hydrogen) atoms. The number of hydrogen-bond donors (Lipinski definition) is 6. The standard InChI is InChI=1S/C36H56N10.C7H14/c37-34(38)43-16-3-8-24-6-1-10-26(20-24)28-12-14-30-31-15-13-29(27-11-2-7-25(21-27)9-4-17-44-35(39)40)23-33(31)46(32(30)22-28)19-5-18-45-36(41)42;1-2-4-6-7-5-3-1/h1,6,10,13,15,20,23,25,27-28,30,32H,2-5,7-9,11-12,14,16-19,21-22H2,(H4,37,38,43)(H4,39,40,44)(H4,41,42,45);1-7H2. The van der Waals surface area contributed by atoms with Crippen molar-refractivity contribution >= 4 is 23.6 Å². The van der Waals surface area contributed by atoms with Crippen molar-refractivity contribution < 1.29 is 0 Å². The first-order chi connectivity index (χ1) is 25.8. The lowest BCUT2D eigenvalue weighted by molar-refractivity contribution is 0.302. The second-order valence-electron chi connectivity index (χ2n) is 16.2. The van der Waals surface area contributed by atoms with Crippen LogP contribution in [0.1, 0.15) is 156 Å². The Bertz CT molecular complexity index is 1470. The quantitative estimate of drug-likeness (QED) is 0.0529. The summed E-state index contributed by atoms with van der Waals surface area (Å²) >= 11 is 0. The summed E-state index contributed by atoms with van der Waals surface area (Å²) in [6.45, 7) is 3.01. The van der Waals surface area contributed by atoms with Gasteiger partial charge in [-0.2, -0.15) is 0 Å². The highest BCUT2D eigenvalue weighted by Crippen LogP contribution is 2.52. The molecule has 1 heterocycles. The Hall–Kier alpha value is -3.95. The van der Waals surface area contributed by atoms with Gasteiger partial charge in [-0.15, -0.1) is 0 Å². The smallest absolute Gasteiger partial charge is 0.185 e. The number of guanidine groups is 3. The lowest BCUT2D eigenvalue weighted by Gasteiger charge is -2.38. The van der Waals surface area contributed by atoms with Gasteiger partial charge in [-0.3, -0.25) is 15.0 Å². The Morgan fingerprint density at radius 2 is 1.23 bits per heavy atom. The van der Waals surface area contributed by atoms with Crippen molar-refractivity contribution in [3.05, 3.63) is 64.7 Å². The van der Waals surface area contributed by atoms with Gasteiger partial charge in [0.1, 0.15) is 0 Å². The Balaban J connectivity index is 0.000000693. The summed E-state index contributed by atoms with van der Waals surface area (Å²) in [5.41, 5.74) is 40.7. The Labute approximate surface area is 319 Å². The number of aryl methyl sites for hydroxylation is 1. The van der Waals surface area contributed by atoms with E-state index in [1.807, 2.05) is 0 Å². The highest BCUT2D eigenvalue weighted by molar-refractivity contribution is 5.76. The zero-order chi connectivity index (χ0) is 37.4. The third-order valence-electron chi connectivity index (χ3n) is 12.2.